The Balaban J connectivity index is 1.88. The molecule has 2 aliphatic rings. The highest BCUT2D eigenvalue weighted by Crippen LogP contribution is 2.29. The maximum Gasteiger partial charge on any atom is 0.276 e. The average Bonchev–Trinajstić information content (AvgIpc) is 2.82. The fourth-order valence-corrected chi connectivity index (χ4v) is 3.91. The summed E-state index contributed by atoms with van der Waals surface area (Å²) < 4.78 is 6.30. The zero-order valence-electron chi connectivity index (χ0n) is 13.0. The van der Waals surface area contributed by atoms with E-state index in [-0.39, 0.29) is 11.9 Å². The van der Waals surface area contributed by atoms with Gasteiger partial charge in [-0.3, -0.25) is 9.69 Å². The van der Waals surface area contributed by atoms with Crippen LogP contribution in [0.15, 0.2) is 28.4 Å². The van der Waals surface area contributed by atoms with Gasteiger partial charge < -0.3 is 10.1 Å². The lowest BCUT2D eigenvalue weighted by atomic mass is 9.94. The molecule has 0 aromatic heterocycles. The number of hydrogen-bond acceptors (Lipinski definition) is 3. The van der Waals surface area contributed by atoms with Crippen molar-refractivity contribution in [1.29, 1.82) is 0 Å². The molecule has 1 amide bonds. The Kier molecular flexibility index (Phi) is 5.02. The topological polar surface area (TPSA) is 41.6 Å². The number of hydrogen-bond donors (Lipinski definition) is 1. The van der Waals surface area contributed by atoms with Crippen LogP contribution in [0.25, 0.3) is 6.08 Å². The minimum Gasteiger partial charge on any atom is -0.496 e. The number of nitrogens with one attached hydrogen (secondary N) is 1. The third-order valence-electron chi connectivity index (χ3n) is 4.34. The highest BCUT2D eigenvalue weighted by atomic mass is 79.9. The molecule has 1 saturated heterocycles. The quantitative estimate of drug-likeness (QED) is 0.624. The van der Waals surface area contributed by atoms with Gasteiger partial charge in [-0.2, -0.15) is 0 Å². The first-order valence-electron chi connectivity index (χ1n) is 7.80. The van der Waals surface area contributed by atoms with Crippen LogP contribution in [0.4, 0.5) is 0 Å². The molecule has 0 bridgehead atoms. The van der Waals surface area contributed by atoms with E-state index in [4.69, 9.17) is 17.0 Å². The van der Waals surface area contributed by atoms with E-state index in [1.54, 1.807) is 18.1 Å². The van der Waals surface area contributed by atoms with Gasteiger partial charge in [-0.1, -0.05) is 35.2 Å². The maximum atomic E-state index is 12.8. The molecular weight excluding hydrogens is 376 g/mol. The number of halogens is 1. The van der Waals surface area contributed by atoms with Gasteiger partial charge in [-0.25, -0.2) is 0 Å². The van der Waals surface area contributed by atoms with Crippen LogP contribution in [-0.2, 0) is 4.79 Å². The standard InChI is InChI=1S/C17H19BrN2O2S/c1-22-15-8-7-12(18)9-11(15)10-14-16(21)20(17(23)19-14)13-5-3-2-4-6-13/h7-10,13H,2-6H2,1H3,(H,19,23). The van der Waals surface area contributed by atoms with E-state index < -0.39 is 0 Å². The number of ether oxygens (including phenoxy) is 1. The Morgan fingerprint density at radius 3 is 2.78 bits per heavy atom. The molecule has 1 heterocycles. The molecule has 1 N–H and O–H groups in total. The van der Waals surface area contributed by atoms with Gasteiger partial charge in [0.2, 0.25) is 0 Å². The summed E-state index contributed by atoms with van der Waals surface area (Å²) in [5, 5.41) is 3.58. The van der Waals surface area contributed by atoms with Crippen LogP contribution in [0.1, 0.15) is 37.7 Å². The Hall–Kier alpha value is -1.40. The van der Waals surface area contributed by atoms with Crippen molar-refractivity contribution in [2.24, 2.45) is 0 Å². The van der Waals surface area contributed by atoms with Crippen molar-refractivity contribution < 1.29 is 9.53 Å². The van der Waals surface area contributed by atoms with Gasteiger partial charge >= 0.3 is 0 Å². The summed E-state index contributed by atoms with van der Waals surface area (Å²) in [5.41, 5.74) is 1.35. The lowest BCUT2D eigenvalue weighted by molar-refractivity contribution is -0.124. The van der Waals surface area contributed by atoms with Gasteiger partial charge in [0.05, 0.1) is 7.11 Å². The van der Waals surface area contributed by atoms with Crippen LogP contribution >= 0.6 is 28.1 Å². The maximum absolute atomic E-state index is 12.8. The molecule has 6 heteroatoms. The van der Waals surface area contributed by atoms with Gasteiger partial charge in [0.25, 0.3) is 5.91 Å². The van der Waals surface area contributed by atoms with Crippen LogP contribution in [0, 0.1) is 0 Å². The van der Waals surface area contributed by atoms with Crippen LogP contribution < -0.4 is 10.1 Å². The van der Waals surface area contributed by atoms with Crippen molar-refractivity contribution in [1.82, 2.24) is 10.2 Å². The number of carbonyl (C=O) groups excluding carboxylic acids is 1. The molecule has 1 aromatic rings. The van der Waals surface area contributed by atoms with Crippen molar-refractivity contribution in [3.8, 4) is 5.75 Å². The SMILES string of the molecule is COc1ccc(Br)cc1C=C1NC(=S)N(C2CCCCC2)C1=O. The van der Waals surface area contributed by atoms with E-state index in [0.717, 1.165) is 41.5 Å². The third-order valence-corrected chi connectivity index (χ3v) is 5.13. The molecule has 3 rings (SSSR count). The first-order valence-corrected chi connectivity index (χ1v) is 9.00. The van der Waals surface area contributed by atoms with Gasteiger partial charge in [0.1, 0.15) is 11.4 Å². The van der Waals surface area contributed by atoms with E-state index in [1.165, 1.54) is 6.42 Å². The van der Waals surface area contributed by atoms with E-state index in [9.17, 15) is 4.79 Å². The molecule has 1 aromatic carbocycles. The molecule has 1 aliphatic carbocycles. The average molecular weight is 395 g/mol. The number of benzene rings is 1. The minimum absolute atomic E-state index is 0.0380. The zero-order chi connectivity index (χ0) is 16.4. The molecule has 1 aliphatic heterocycles. The van der Waals surface area contributed by atoms with Crippen LogP contribution in [-0.4, -0.2) is 29.1 Å². The summed E-state index contributed by atoms with van der Waals surface area (Å²) >= 11 is 8.84. The van der Waals surface area contributed by atoms with Crippen molar-refractivity contribution in [2.75, 3.05) is 7.11 Å². The Morgan fingerprint density at radius 1 is 1.35 bits per heavy atom. The highest BCUT2D eigenvalue weighted by molar-refractivity contribution is 9.10. The van der Waals surface area contributed by atoms with E-state index in [1.807, 2.05) is 18.2 Å². The molecular formula is C17H19BrN2O2S. The normalized spacial score (nSPS) is 21.0. The molecule has 23 heavy (non-hydrogen) atoms. The predicted octanol–water partition coefficient (Wildman–Crippen LogP) is 3.85. The van der Waals surface area contributed by atoms with Gasteiger partial charge in [-0.05, 0) is 49.3 Å². The van der Waals surface area contributed by atoms with Crippen molar-refractivity contribution in [3.05, 3.63) is 33.9 Å². The second kappa shape index (κ2) is 7.01. The molecule has 0 radical (unpaired) electrons. The number of rotatable bonds is 3. The molecule has 0 spiro atoms. The summed E-state index contributed by atoms with van der Waals surface area (Å²) in [6.07, 6.45) is 7.44. The Morgan fingerprint density at radius 2 is 2.09 bits per heavy atom. The number of carbonyl (C=O) groups is 1. The van der Waals surface area contributed by atoms with Gasteiger partial charge in [0.15, 0.2) is 5.11 Å². The predicted molar refractivity (Wildman–Crippen MR) is 98.1 cm³/mol. The summed E-state index contributed by atoms with van der Waals surface area (Å²) in [6.45, 7) is 0. The second-order valence-electron chi connectivity index (χ2n) is 5.84. The summed E-state index contributed by atoms with van der Waals surface area (Å²) in [6, 6.07) is 5.93. The first kappa shape index (κ1) is 16.5. The smallest absolute Gasteiger partial charge is 0.276 e. The molecule has 0 atom stereocenters. The minimum atomic E-state index is -0.0380. The monoisotopic (exact) mass is 394 g/mol. The summed E-state index contributed by atoms with van der Waals surface area (Å²) in [7, 11) is 1.62. The van der Waals surface area contributed by atoms with E-state index in [2.05, 4.69) is 21.2 Å². The lowest BCUT2D eigenvalue weighted by Gasteiger charge is -2.29. The van der Waals surface area contributed by atoms with Gasteiger partial charge in [0, 0.05) is 16.1 Å². The number of nitrogens with zero attached hydrogens (tertiary/aromatic N) is 1. The highest BCUT2D eigenvalue weighted by Gasteiger charge is 2.36. The van der Waals surface area contributed by atoms with E-state index in [0.29, 0.717) is 10.8 Å². The Labute approximate surface area is 150 Å². The van der Waals surface area contributed by atoms with Crippen molar-refractivity contribution >= 4 is 45.2 Å². The van der Waals surface area contributed by atoms with Crippen molar-refractivity contribution in [3.63, 3.8) is 0 Å². The third kappa shape index (κ3) is 3.43. The van der Waals surface area contributed by atoms with Crippen LogP contribution in [0.2, 0.25) is 0 Å². The van der Waals surface area contributed by atoms with Gasteiger partial charge in [-0.15, -0.1) is 0 Å². The number of thiocarbonyl (C=S) groups is 1. The molecule has 0 unspecified atom stereocenters. The Bertz CT molecular complexity index is 669. The largest absolute Gasteiger partial charge is 0.496 e. The van der Waals surface area contributed by atoms with Crippen LogP contribution in [0.3, 0.4) is 0 Å². The molecule has 122 valence electrons. The summed E-state index contributed by atoms with van der Waals surface area (Å²) in [5.74, 6) is 0.682. The van der Waals surface area contributed by atoms with E-state index >= 15 is 0 Å². The molecule has 2 fully saturated rings. The number of methoxy groups -OCH3 is 1. The number of amides is 1. The molecule has 1 saturated carbocycles. The summed E-state index contributed by atoms with van der Waals surface area (Å²) in [4.78, 5) is 14.5. The molecule has 4 nitrogen and oxygen atoms in total. The zero-order valence-corrected chi connectivity index (χ0v) is 15.4. The fraction of sp³-hybridized carbons (Fsp3) is 0.412. The first-order chi connectivity index (χ1) is 11.1. The van der Waals surface area contributed by atoms with Crippen molar-refractivity contribution in [2.45, 2.75) is 38.1 Å². The second-order valence-corrected chi connectivity index (χ2v) is 7.14. The van der Waals surface area contributed by atoms with Crippen LogP contribution in [0.5, 0.6) is 5.75 Å². The fourth-order valence-electron chi connectivity index (χ4n) is 3.19. The lowest BCUT2D eigenvalue weighted by Crippen LogP contribution is -2.41.